The number of aliphatic carboxylic acids is 1. The Morgan fingerprint density at radius 2 is 1.90 bits per heavy atom. The first-order valence-corrected chi connectivity index (χ1v) is 6.27. The van der Waals surface area contributed by atoms with Gasteiger partial charge in [0, 0.05) is 12.2 Å². The summed E-state index contributed by atoms with van der Waals surface area (Å²) in [5.74, 6) is -1.31. The number of anilines is 1. The lowest BCUT2D eigenvalue weighted by molar-refractivity contribution is -0.146. The number of carboxylic acid groups (broad SMARTS) is 1. The lowest BCUT2D eigenvalue weighted by atomic mass is 9.83. The maximum atomic E-state index is 12.6. The van der Waals surface area contributed by atoms with Gasteiger partial charge in [-0.05, 0) is 31.5 Å². The highest BCUT2D eigenvalue weighted by Gasteiger charge is 2.34. The summed E-state index contributed by atoms with van der Waals surface area (Å²) in [7, 11) is 0. The number of nitrogen functional groups attached to an aromatic ring is 1. The van der Waals surface area contributed by atoms with Gasteiger partial charge in [0.25, 0.3) is 0 Å². The molecular formula is C15H20N2O3. The molecule has 3 N–H and O–H groups in total. The van der Waals surface area contributed by atoms with Gasteiger partial charge in [-0.25, -0.2) is 0 Å². The number of amides is 1. The summed E-state index contributed by atoms with van der Waals surface area (Å²) >= 11 is 0. The van der Waals surface area contributed by atoms with E-state index in [0.29, 0.717) is 5.69 Å². The van der Waals surface area contributed by atoms with E-state index in [1.165, 1.54) is 11.0 Å². The molecule has 0 spiro atoms. The van der Waals surface area contributed by atoms with Crippen LogP contribution in [0, 0.1) is 0 Å². The normalized spacial score (nSPS) is 10.9. The van der Waals surface area contributed by atoms with E-state index >= 15 is 0 Å². The highest BCUT2D eigenvalue weighted by atomic mass is 16.4. The van der Waals surface area contributed by atoms with Crippen molar-refractivity contribution < 1.29 is 14.7 Å². The number of hydrogen-bond donors (Lipinski definition) is 2. The highest BCUT2D eigenvalue weighted by Crippen LogP contribution is 2.26. The Morgan fingerprint density at radius 3 is 2.35 bits per heavy atom. The van der Waals surface area contributed by atoms with Crippen molar-refractivity contribution in [2.75, 3.05) is 18.8 Å². The molecule has 0 saturated carbocycles. The van der Waals surface area contributed by atoms with Crippen LogP contribution >= 0.6 is 0 Å². The van der Waals surface area contributed by atoms with Crippen LogP contribution in [0.2, 0.25) is 0 Å². The van der Waals surface area contributed by atoms with E-state index in [0.717, 1.165) is 5.56 Å². The van der Waals surface area contributed by atoms with E-state index in [1.807, 2.05) is 0 Å². The van der Waals surface area contributed by atoms with E-state index in [1.54, 1.807) is 38.1 Å². The largest absolute Gasteiger partial charge is 0.480 e. The molecular weight excluding hydrogens is 256 g/mol. The van der Waals surface area contributed by atoms with Crippen LogP contribution in [-0.4, -0.2) is 35.0 Å². The molecule has 20 heavy (non-hydrogen) atoms. The number of hydrogen-bond acceptors (Lipinski definition) is 3. The van der Waals surface area contributed by atoms with Crippen LogP contribution in [0.15, 0.2) is 36.9 Å². The van der Waals surface area contributed by atoms with Crippen LogP contribution in [0.5, 0.6) is 0 Å². The zero-order valence-corrected chi connectivity index (χ0v) is 11.8. The molecule has 0 radical (unpaired) electrons. The lowest BCUT2D eigenvalue weighted by Crippen LogP contribution is -2.45. The Bertz CT molecular complexity index is 506. The van der Waals surface area contributed by atoms with Gasteiger partial charge in [-0.1, -0.05) is 18.2 Å². The first kappa shape index (κ1) is 15.8. The summed E-state index contributed by atoms with van der Waals surface area (Å²) in [5.41, 5.74) is 6.21. The van der Waals surface area contributed by atoms with Crippen molar-refractivity contribution in [3.05, 3.63) is 42.5 Å². The Labute approximate surface area is 118 Å². The van der Waals surface area contributed by atoms with Gasteiger partial charge >= 0.3 is 5.97 Å². The van der Waals surface area contributed by atoms with E-state index < -0.39 is 11.4 Å². The molecule has 0 bridgehead atoms. The fourth-order valence-corrected chi connectivity index (χ4v) is 1.96. The summed E-state index contributed by atoms with van der Waals surface area (Å²) in [6.45, 7) is 6.93. The third kappa shape index (κ3) is 3.60. The van der Waals surface area contributed by atoms with Gasteiger partial charge in [-0.15, -0.1) is 6.58 Å². The molecule has 0 saturated heterocycles. The second kappa shape index (κ2) is 6.23. The number of carboxylic acids is 1. The van der Waals surface area contributed by atoms with E-state index in [-0.39, 0.29) is 19.0 Å². The predicted molar refractivity (Wildman–Crippen MR) is 78.3 cm³/mol. The van der Waals surface area contributed by atoms with Crippen molar-refractivity contribution in [1.29, 1.82) is 0 Å². The minimum atomic E-state index is -1.05. The van der Waals surface area contributed by atoms with Gasteiger partial charge in [-0.3, -0.25) is 9.59 Å². The molecule has 1 amide bonds. The average Bonchev–Trinajstić information content (AvgIpc) is 2.37. The average molecular weight is 276 g/mol. The smallest absolute Gasteiger partial charge is 0.323 e. The van der Waals surface area contributed by atoms with Crippen LogP contribution < -0.4 is 5.73 Å². The number of benzene rings is 1. The van der Waals surface area contributed by atoms with Crippen molar-refractivity contribution in [1.82, 2.24) is 4.90 Å². The summed E-state index contributed by atoms with van der Waals surface area (Å²) in [5, 5.41) is 8.89. The van der Waals surface area contributed by atoms with Crippen LogP contribution in [0.3, 0.4) is 0 Å². The first-order valence-electron chi connectivity index (χ1n) is 6.27. The predicted octanol–water partition coefficient (Wildman–Crippen LogP) is 1.65. The molecule has 5 heteroatoms. The third-order valence-corrected chi connectivity index (χ3v) is 3.13. The fraction of sp³-hybridized carbons (Fsp3) is 0.333. The minimum Gasteiger partial charge on any atom is -0.480 e. The molecule has 0 aliphatic carbocycles. The Morgan fingerprint density at radius 1 is 1.35 bits per heavy atom. The van der Waals surface area contributed by atoms with Crippen molar-refractivity contribution in [3.8, 4) is 0 Å². The van der Waals surface area contributed by atoms with E-state index in [4.69, 9.17) is 10.8 Å². The van der Waals surface area contributed by atoms with Gasteiger partial charge in [-0.2, -0.15) is 0 Å². The number of rotatable bonds is 6. The van der Waals surface area contributed by atoms with Crippen LogP contribution in [0.25, 0.3) is 0 Å². The third-order valence-electron chi connectivity index (χ3n) is 3.13. The maximum Gasteiger partial charge on any atom is 0.323 e. The lowest BCUT2D eigenvalue weighted by Gasteiger charge is -2.30. The van der Waals surface area contributed by atoms with Crippen molar-refractivity contribution in [2.24, 2.45) is 0 Å². The second-order valence-electron chi connectivity index (χ2n) is 5.12. The Kier molecular flexibility index (Phi) is 4.91. The molecule has 5 nitrogen and oxygen atoms in total. The minimum absolute atomic E-state index is 0.198. The van der Waals surface area contributed by atoms with E-state index in [9.17, 15) is 9.59 Å². The van der Waals surface area contributed by atoms with Crippen molar-refractivity contribution >= 4 is 17.6 Å². The van der Waals surface area contributed by atoms with Crippen LogP contribution in [-0.2, 0) is 15.0 Å². The van der Waals surface area contributed by atoms with Gasteiger partial charge in [0.05, 0.1) is 5.41 Å². The molecule has 0 atom stereocenters. The zero-order valence-electron chi connectivity index (χ0n) is 11.8. The summed E-state index contributed by atoms with van der Waals surface area (Å²) in [4.78, 5) is 24.7. The quantitative estimate of drug-likeness (QED) is 0.611. The molecule has 1 aromatic carbocycles. The Hall–Kier alpha value is -2.30. The zero-order chi connectivity index (χ0) is 15.3. The molecule has 1 rings (SSSR count). The molecule has 0 heterocycles. The van der Waals surface area contributed by atoms with Gasteiger partial charge < -0.3 is 15.7 Å². The molecule has 108 valence electrons. The Balaban J connectivity index is 3.04. The second-order valence-corrected chi connectivity index (χ2v) is 5.12. The SMILES string of the molecule is C=CCN(CC(=O)O)C(=O)C(C)(C)c1ccc(N)cc1. The van der Waals surface area contributed by atoms with E-state index in [2.05, 4.69) is 6.58 Å². The fourth-order valence-electron chi connectivity index (χ4n) is 1.96. The van der Waals surface area contributed by atoms with Crippen LogP contribution in [0.1, 0.15) is 19.4 Å². The summed E-state index contributed by atoms with van der Waals surface area (Å²) in [6, 6.07) is 7.00. The molecule has 0 unspecified atom stereocenters. The first-order chi connectivity index (χ1) is 9.28. The van der Waals surface area contributed by atoms with Gasteiger partial charge in [0.1, 0.15) is 6.54 Å². The standard InChI is InChI=1S/C15H20N2O3/c1-4-9-17(10-13(18)19)14(20)15(2,3)11-5-7-12(16)8-6-11/h4-8H,1,9-10,16H2,2-3H3,(H,18,19). The highest BCUT2D eigenvalue weighted by molar-refractivity contribution is 5.90. The topological polar surface area (TPSA) is 83.6 Å². The summed E-state index contributed by atoms with van der Waals surface area (Å²) < 4.78 is 0. The molecule has 0 aliphatic heterocycles. The van der Waals surface area contributed by atoms with Gasteiger partial charge in [0.2, 0.25) is 5.91 Å². The summed E-state index contributed by atoms with van der Waals surface area (Å²) in [6.07, 6.45) is 1.51. The monoisotopic (exact) mass is 276 g/mol. The molecule has 0 aromatic heterocycles. The van der Waals surface area contributed by atoms with Crippen LogP contribution in [0.4, 0.5) is 5.69 Å². The van der Waals surface area contributed by atoms with Gasteiger partial charge in [0.15, 0.2) is 0 Å². The number of carbonyl (C=O) groups excluding carboxylic acids is 1. The molecule has 0 aliphatic rings. The number of carbonyl (C=O) groups is 2. The number of nitrogens with zero attached hydrogens (tertiary/aromatic N) is 1. The maximum absolute atomic E-state index is 12.6. The molecule has 0 fully saturated rings. The van der Waals surface area contributed by atoms with Crippen molar-refractivity contribution in [3.63, 3.8) is 0 Å². The van der Waals surface area contributed by atoms with Crippen molar-refractivity contribution in [2.45, 2.75) is 19.3 Å². The number of nitrogens with two attached hydrogens (primary N) is 1. The molecule has 1 aromatic rings.